The van der Waals surface area contributed by atoms with E-state index in [4.69, 9.17) is 0 Å². The summed E-state index contributed by atoms with van der Waals surface area (Å²) in [6.07, 6.45) is 1.89. The average molecular weight is 467 g/mol. The summed E-state index contributed by atoms with van der Waals surface area (Å²) in [5.41, 5.74) is 0.209. The topological polar surface area (TPSA) is 27.6 Å². The van der Waals surface area contributed by atoms with Gasteiger partial charge >= 0.3 is 0 Å². The third kappa shape index (κ3) is 4.33. The maximum Gasteiger partial charge on any atom is 0.193 e. The van der Waals surface area contributed by atoms with Gasteiger partial charge in [0, 0.05) is 48.7 Å². The van der Waals surface area contributed by atoms with E-state index < -0.39 is 11.6 Å². The summed E-state index contributed by atoms with van der Waals surface area (Å²) < 4.78 is 27.7. The normalized spacial score (nSPS) is 26.8. The zero-order valence-corrected chi connectivity index (χ0v) is 17.1. The summed E-state index contributed by atoms with van der Waals surface area (Å²) >= 11 is 2.01. The molecule has 0 aromatic heterocycles. The van der Waals surface area contributed by atoms with Gasteiger partial charge in [-0.15, -0.1) is 24.0 Å². The van der Waals surface area contributed by atoms with Crippen LogP contribution in [0.2, 0.25) is 0 Å². The van der Waals surface area contributed by atoms with Gasteiger partial charge < -0.3 is 10.2 Å². The second kappa shape index (κ2) is 8.69. The largest absolute Gasteiger partial charge is 0.353 e. The van der Waals surface area contributed by atoms with Crippen molar-refractivity contribution >= 4 is 41.7 Å². The third-order valence-corrected chi connectivity index (χ3v) is 5.95. The Bertz CT molecular complexity index is 579. The lowest BCUT2D eigenvalue weighted by molar-refractivity contribution is 0.407. The van der Waals surface area contributed by atoms with Crippen molar-refractivity contribution in [2.24, 2.45) is 4.99 Å². The van der Waals surface area contributed by atoms with Gasteiger partial charge in [-0.25, -0.2) is 8.78 Å². The summed E-state index contributed by atoms with van der Waals surface area (Å²) in [6.45, 7) is 4.15. The van der Waals surface area contributed by atoms with E-state index in [1.54, 1.807) is 7.05 Å². The molecule has 1 aliphatic carbocycles. The molecule has 3 unspecified atom stereocenters. The standard InChI is InChI=1S/C17H23F2N3S.HI/c1-3-11-10-22(7-8-23-11)17(20-2)21-15-9-12(15)16-13(18)5-4-6-14(16)19;/h4-6,11-12,15H,3,7-10H2,1-2H3,(H,20,21);1H. The number of rotatable bonds is 3. The molecule has 7 heteroatoms. The first-order valence-corrected chi connectivity index (χ1v) is 9.22. The predicted octanol–water partition coefficient (Wildman–Crippen LogP) is 3.84. The van der Waals surface area contributed by atoms with Crippen LogP contribution in [0.4, 0.5) is 8.78 Å². The number of aliphatic imine (C=N–C) groups is 1. The van der Waals surface area contributed by atoms with Gasteiger partial charge in [0.15, 0.2) is 5.96 Å². The monoisotopic (exact) mass is 467 g/mol. The molecule has 1 aliphatic heterocycles. The van der Waals surface area contributed by atoms with Crippen LogP contribution in [-0.4, -0.2) is 48.0 Å². The smallest absolute Gasteiger partial charge is 0.193 e. The molecule has 1 saturated heterocycles. The number of hydrogen-bond acceptors (Lipinski definition) is 2. The molecule has 1 N–H and O–H groups in total. The molecule has 134 valence electrons. The van der Waals surface area contributed by atoms with Gasteiger partial charge in [0.05, 0.1) is 0 Å². The number of halogens is 3. The highest BCUT2D eigenvalue weighted by atomic mass is 127. The number of thioether (sulfide) groups is 1. The van der Waals surface area contributed by atoms with Crippen molar-refractivity contribution in [1.29, 1.82) is 0 Å². The van der Waals surface area contributed by atoms with Gasteiger partial charge in [-0.05, 0) is 25.0 Å². The molecule has 3 rings (SSSR count). The van der Waals surface area contributed by atoms with Crippen molar-refractivity contribution in [3.63, 3.8) is 0 Å². The number of benzene rings is 1. The Kier molecular flexibility index (Phi) is 7.15. The molecule has 0 amide bonds. The third-order valence-electron chi connectivity index (χ3n) is 4.58. The molecule has 3 nitrogen and oxygen atoms in total. The lowest BCUT2D eigenvalue weighted by Gasteiger charge is -2.34. The van der Waals surface area contributed by atoms with Crippen LogP contribution in [0.15, 0.2) is 23.2 Å². The van der Waals surface area contributed by atoms with Crippen LogP contribution in [0.1, 0.15) is 31.2 Å². The molecule has 3 atom stereocenters. The van der Waals surface area contributed by atoms with Crippen LogP contribution in [-0.2, 0) is 0 Å². The fraction of sp³-hybridized carbons (Fsp3) is 0.588. The fourth-order valence-electron chi connectivity index (χ4n) is 3.16. The van der Waals surface area contributed by atoms with E-state index in [2.05, 4.69) is 22.1 Å². The summed E-state index contributed by atoms with van der Waals surface area (Å²) in [5, 5.41) is 4.02. The Hall–Kier alpha value is -0.570. The van der Waals surface area contributed by atoms with Gasteiger partial charge in [0.25, 0.3) is 0 Å². The molecule has 0 spiro atoms. The van der Waals surface area contributed by atoms with E-state index in [-0.39, 0.29) is 41.5 Å². The first kappa shape index (κ1) is 19.8. The highest BCUT2D eigenvalue weighted by Gasteiger charge is 2.43. The molecule has 1 heterocycles. The molecule has 0 bridgehead atoms. The van der Waals surface area contributed by atoms with Gasteiger partial charge in [-0.2, -0.15) is 11.8 Å². The number of nitrogens with one attached hydrogen (secondary N) is 1. The molecule has 0 radical (unpaired) electrons. The van der Waals surface area contributed by atoms with E-state index in [0.717, 1.165) is 37.6 Å². The van der Waals surface area contributed by atoms with Crippen molar-refractivity contribution in [3.8, 4) is 0 Å². The van der Waals surface area contributed by atoms with Crippen molar-refractivity contribution in [2.45, 2.75) is 37.0 Å². The number of guanidine groups is 1. The SMILES string of the molecule is CCC1CN(C(=NC)NC2CC2c2c(F)cccc2F)CCS1.I. The predicted molar refractivity (Wildman–Crippen MR) is 108 cm³/mol. The molecule has 1 aromatic rings. The van der Waals surface area contributed by atoms with E-state index >= 15 is 0 Å². The molecular formula is C17H24F2IN3S. The minimum atomic E-state index is -0.449. The Labute approximate surface area is 163 Å². The molecule has 2 aliphatic rings. The minimum Gasteiger partial charge on any atom is -0.353 e. The van der Waals surface area contributed by atoms with E-state index in [1.165, 1.54) is 18.2 Å². The highest BCUT2D eigenvalue weighted by Crippen LogP contribution is 2.43. The summed E-state index contributed by atoms with van der Waals surface area (Å²) in [5.74, 6) is 0.946. The molecule has 24 heavy (non-hydrogen) atoms. The second-order valence-electron chi connectivity index (χ2n) is 6.12. The molecule has 2 fully saturated rings. The van der Waals surface area contributed by atoms with Crippen LogP contribution in [0, 0.1) is 11.6 Å². The molecular weight excluding hydrogens is 443 g/mol. The van der Waals surface area contributed by atoms with Crippen LogP contribution in [0.3, 0.4) is 0 Å². The minimum absolute atomic E-state index is 0. The quantitative estimate of drug-likeness (QED) is 0.416. The Balaban J connectivity index is 0.00000208. The van der Waals surface area contributed by atoms with Crippen molar-refractivity contribution in [3.05, 3.63) is 35.4 Å². The van der Waals surface area contributed by atoms with Gasteiger partial charge in [0.1, 0.15) is 11.6 Å². The van der Waals surface area contributed by atoms with Crippen molar-refractivity contribution in [2.75, 3.05) is 25.9 Å². The highest BCUT2D eigenvalue weighted by molar-refractivity contribution is 14.0. The van der Waals surface area contributed by atoms with Gasteiger partial charge in [-0.1, -0.05) is 13.0 Å². The first-order chi connectivity index (χ1) is 11.1. The zero-order chi connectivity index (χ0) is 16.4. The Morgan fingerprint density at radius 2 is 2.08 bits per heavy atom. The zero-order valence-electron chi connectivity index (χ0n) is 14.0. The lowest BCUT2D eigenvalue weighted by Crippen LogP contribution is -2.48. The maximum absolute atomic E-state index is 13.9. The number of nitrogens with zero attached hydrogens (tertiary/aromatic N) is 2. The van der Waals surface area contributed by atoms with Crippen LogP contribution >= 0.6 is 35.7 Å². The second-order valence-corrected chi connectivity index (χ2v) is 7.53. The van der Waals surface area contributed by atoms with Crippen LogP contribution in [0.25, 0.3) is 0 Å². The molecule has 1 aromatic carbocycles. The van der Waals surface area contributed by atoms with E-state index in [1.807, 2.05) is 11.8 Å². The Morgan fingerprint density at radius 3 is 2.71 bits per heavy atom. The summed E-state index contributed by atoms with van der Waals surface area (Å²) in [4.78, 5) is 6.63. The van der Waals surface area contributed by atoms with Crippen LogP contribution in [0.5, 0.6) is 0 Å². The lowest BCUT2D eigenvalue weighted by atomic mass is 10.1. The van der Waals surface area contributed by atoms with Crippen molar-refractivity contribution in [1.82, 2.24) is 10.2 Å². The van der Waals surface area contributed by atoms with Crippen LogP contribution < -0.4 is 5.32 Å². The molecule has 1 saturated carbocycles. The van der Waals surface area contributed by atoms with Crippen molar-refractivity contribution < 1.29 is 8.78 Å². The van der Waals surface area contributed by atoms with Gasteiger partial charge in [-0.3, -0.25) is 4.99 Å². The summed E-state index contributed by atoms with van der Waals surface area (Å²) in [7, 11) is 1.77. The fourth-order valence-corrected chi connectivity index (χ4v) is 4.34. The summed E-state index contributed by atoms with van der Waals surface area (Å²) in [6, 6.07) is 4.13. The number of hydrogen-bond donors (Lipinski definition) is 1. The van der Waals surface area contributed by atoms with Gasteiger partial charge in [0.2, 0.25) is 0 Å². The average Bonchev–Trinajstić information content (AvgIpc) is 3.31. The van der Waals surface area contributed by atoms with E-state index in [9.17, 15) is 8.78 Å². The maximum atomic E-state index is 13.9. The Morgan fingerprint density at radius 1 is 1.38 bits per heavy atom. The van der Waals surface area contributed by atoms with E-state index in [0.29, 0.717) is 5.25 Å². The first-order valence-electron chi connectivity index (χ1n) is 8.17.